The number of carboxylic acid groups (broad SMARTS) is 1. The van der Waals surface area contributed by atoms with E-state index in [-0.39, 0.29) is 29.0 Å². The Labute approximate surface area is 167 Å². The molecule has 0 aromatic carbocycles. The molecule has 1 aromatic rings. The summed E-state index contributed by atoms with van der Waals surface area (Å²) >= 11 is 0. The standard InChI is InChI=1S/C24H31NO3/c1-22-11-8-19-23(2,12-9-20(26)24(19,3)13-10-21(27)28)18(22)7-6-17(22)16-5-4-14-25-15-16/h4-6,14-15,18-19H,7-13H2,1-3H3,(H,27,28). The quantitative estimate of drug-likeness (QED) is 0.784. The van der Waals surface area contributed by atoms with Gasteiger partial charge in [0.15, 0.2) is 0 Å². The number of pyridine rings is 1. The minimum atomic E-state index is -0.802. The number of allylic oxidation sites excluding steroid dienone is 2. The highest BCUT2D eigenvalue weighted by Gasteiger charge is 2.63. The van der Waals surface area contributed by atoms with Gasteiger partial charge in [0, 0.05) is 30.7 Å². The number of rotatable bonds is 4. The van der Waals surface area contributed by atoms with Gasteiger partial charge in [-0.05, 0) is 72.0 Å². The summed E-state index contributed by atoms with van der Waals surface area (Å²) < 4.78 is 0. The third-order valence-electron chi connectivity index (χ3n) is 8.61. The summed E-state index contributed by atoms with van der Waals surface area (Å²) in [6.45, 7) is 6.83. The van der Waals surface area contributed by atoms with Gasteiger partial charge in [0.2, 0.25) is 0 Å². The molecule has 0 aliphatic heterocycles. The second kappa shape index (κ2) is 6.53. The van der Waals surface area contributed by atoms with Crippen molar-refractivity contribution in [2.45, 2.75) is 65.7 Å². The Kier molecular flexibility index (Phi) is 4.52. The molecule has 4 nitrogen and oxygen atoms in total. The Morgan fingerprint density at radius 3 is 2.71 bits per heavy atom. The summed E-state index contributed by atoms with van der Waals surface area (Å²) in [5, 5.41) is 9.23. The van der Waals surface area contributed by atoms with Crippen LogP contribution in [-0.4, -0.2) is 21.8 Å². The molecule has 1 N–H and O–H groups in total. The van der Waals surface area contributed by atoms with Crippen molar-refractivity contribution < 1.29 is 14.7 Å². The number of carbonyl (C=O) groups is 2. The van der Waals surface area contributed by atoms with Gasteiger partial charge in [0.25, 0.3) is 0 Å². The zero-order valence-electron chi connectivity index (χ0n) is 17.2. The first kappa shape index (κ1) is 19.4. The lowest BCUT2D eigenvalue weighted by atomic mass is 9.42. The molecule has 0 radical (unpaired) electrons. The van der Waals surface area contributed by atoms with Crippen molar-refractivity contribution in [2.75, 3.05) is 0 Å². The van der Waals surface area contributed by atoms with Crippen LogP contribution in [0, 0.1) is 28.1 Å². The molecule has 0 spiro atoms. The predicted molar refractivity (Wildman–Crippen MR) is 108 cm³/mol. The van der Waals surface area contributed by atoms with E-state index in [4.69, 9.17) is 0 Å². The zero-order valence-corrected chi connectivity index (χ0v) is 17.2. The Balaban J connectivity index is 1.68. The number of fused-ring (bicyclic) bond motifs is 3. The highest BCUT2D eigenvalue weighted by atomic mass is 16.4. The first-order valence-electron chi connectivity index (χ1n) is 10.6. The molecule has 4 heteroatoms. The van der Waals surface area contributed by atoms with Crippen molar-refractivity contribution in [2.24, 2.45) is 28.1 Å². The molecule has 1 heterocycles. The topological polar surface area (TPSA) is 67.3 Å². The van der Waals surface area contributed by atoms with E-state index < -0.39 is 11.4 Å². The lowest BCUT2D eigenvalue weighted by molar-refractivity contribution is -0.158. The van der Waals surface area contributed by atoms with Crippen LogP contribution in [-0.2, 0) is 9.59 Å². The highest BCUT2D eigenvalue weighted by Crippen LogP contribution is 2.69. The van der Waals surface area contributed by atoms with E-state index in [1.54, 1.807) is 0 Å². The highest BCUT2D eigenvalue weighted by molar-refractivity contribution is 5.86. The van der Waals surface area contributed by atoms with E-state index in [2.05, 4.69) is 31.0 Å². The van der Waals surface area contributed by atoms with Crippen molar-refractivity contribution in [3.63, 3.8) is 0 Å². The van der Waals surface area contributed by atoms with Crippen LogP contribution in [0.4, 0.5) is 0 Å². The minimum absolute atomic E-state index is 0.0641. The van der Waals surface area contributed by atoms with Crippen LogP contribution >= 0.6 is 0 Å². The monoisotopic (exact) mass is 381 g/mol. The molecule has 2 fully saturated rings. The average Bonchev–Trinajstić information content (AvgIpc) is 3.03. The second-order valence-electron chi connectivity index (χ2n) is 9.90. The molecular weight excluding hydrogens is 350 g/mol. The van der Waals surface area contributed by atoms with Crippen LogP contribution < -0.4 is 0 Å². The fraction of sp³-hybridized carbons (Fsp3) is 0.625. The maximum Gasteiger partial charge on any atom is 0.303 e. The molecule has 5 unspecified atom stereocenters. The fourth-order valence-electron chi connectivity index (χ4n) is 7.15. The summed E-state index contributed by atoms with van der Waals surface area (Å²) in [4.78, 5) is 28.5. The number of Topliss-reactive ketones (excluding diaryl/α,β-unsaturated/α-hetero) is 1. The summed E-state index contributed by atoms with van der Waals surface area (Å²) in [5.74, 6) is 0.230. The van der Waals surface area contributed by atoms with Gasteiger partial charge >= 0.3 is 5.97 Å². The Bertz CT molecular complexity index is 832. The van der Waals surface area contributed by atoms with Gasteiger partial charge in [-0.3, -0.25) is 14.6 Å². The molecule has 2 saturated carbocycles. The second-order valence-corrected chi connectivity index (χ2v) is 9.90. The fourth-order valence-corrected chi connectivity index (χ4v) is 7.15. The molecule has 3 aliphatic carbocycles. The van der Waals surface area contributed by atoms with Gasteiger partial charge in [-0.15, -0.1) is 0 Å². The Hall–Kier alpha value is -1.97. The van der Waals surface area contributed by atoms with Crippen LogP contribution in [0.5, 0.6) is 0 Å². The molecular formula is C24H31NO3. The van der Waals surface area contributed by atoms with Gasteiger partial charge in [0.05, 0.1) is 0 Å². The number of hydrogen-bond donors (Lipinski definition) is 1. The third kappa shape index (κ3) is 2.67. The maximum absolute atomic E-state index is 13.0. The average molecular weight is 382 g/mol. The van der Waals surface area contributed by atoms with Gasteiger partial charge in [-0.25, -0.2) is 0 Å². The number of carbonyl (C=O) groups excluding carboxylic acids is 1. The van der Waals surface area contributed by atoms with Crippen molar-refractivity contribution in [1.29, 1.82) is 0 Å². The van der Waals surface area contributed by atoms with Crippen LogP contribution in [0.2, 0.25) is 0 Å². The number of aliphatic carboxylic acids is 1. The molecule has 5 atom stereocenters. The van der Waals surface area contributed by atoms with Crippen molar-refractivity contribution >= 4 is 17.3 Å². The van der Waals surface area contributed by atoms with Crippen molar-refractivity contribution in [1.82, 2.24) is 4.98 Å². The van der Waals surface area contributed by atoms with Gasteiger partial charge in [-0.2, -0.15) is 0 Å². The first-order chi connectivity index (χ1) is 13.2. The Morgan fingerprint density at radius 1 is 1.25 bits per heavy atom. The van der Waals surface area contributed by atoms with E-state index in [0.717, 1.165) is 25.7 Å². The number of nitrogens with zero attached hydrogens (tertiary/aromatic N) is 1. The number of aromatic nitrogens is 1. The smallest absolute Gasteiger partial charge is 0.303 e. The largest absolute Gasteiger partial charge is 0.481 e. The third-order valence-corrected chi connectivity index (χ3v) is 8.61. The molecule has 0 saturated heterocycles. The predicted octanol–water partition coefficient (Wildman–Crippen LogP) is 5.14. The van der Waals surface area contributed by atoms with E-state index >= 15 is 0 Å². The summed E-state index contributed by atoms with van der Waals surface area (Å²) in [6, 6.07) is 4.16. The van der Waals surface area contributed by atoms with E-state index in [0.29, 0.717) is 18.8 Å². The van der Waals surface area contributed by atoms with Crippen molar-refractivity contribution in [3.05, 3.63) is 36.2 Å². The molecule has 150 valence electrons. The number of ketones is 1. The molecule has 0 bridgehead atoms. The van der Waals surface area contributed by atoms with Gasteiger partial charge in [-0.1, -0.05) is 32.9 Å². The zero-order chi connectivity index (χ0) is 20.2. The van der Waals surface area contributed by atoms with E-state index in [1.165, 1.54) is 11.1 Å². The lowest BCUT2D eigenvalue weighted by Gasteiger charge is -2.61. The van der Waals surface area contributed by atoms with E-state index in [9.17, 15) is 14.7 Å². The summed E-state index contributed by atoms with van der Waals surface area (Å²) in [7, 11) is 0. The Morgan fingerprint density at radius 2 is 2.04 bits per heavy atom. The van der Waals surface area contributed by atoms with Gasteiger partial charge in [0.1, 0.15) is 5.78 Å². The van der Waals surface area contributed by atoms with Crippen LogP contribution in [0.3, 0.4) is 0 Å². The minimum Gasteiger partial charge on any atom is -0.481 e. The molecule has 4 rings (SSSR count). The van der Waals surface area contributed by atoms with E-state index in [1.807, 2.05) is 25.4 Å². The summed E-state index contributed by atoms with van der Waals surface area (Å²) in [6.07, 6.45) is 11.3. The van der Waals surface area contributed by atoms with Crippen LogP contribution in [0.25, 0.3) is 5.57 Å². The molecule has 3 aliphatic rings. The van der Waals surface area contributed by atoms with Crippen LogP contribution in [0.1, 0.15) is 71.3 Å². The SMILES string of the molecule is CC1(CCC(=O)O)C(=O)CCC2(C)C1CCC1(C)C(c3cccnc3)=CCC12. The summed E-state index contributed by atoms with van der Waals surface area (Å²) in [5.41, 5.74) is 2.28. The number of hydrogen-bond acceptors (Lipinski definition) is 3. The molecule has 0 amide bonds. The first-order valence-corrected chi connectivity index (χ1v) is 10.6. The van der Waals surface area contributed by atoms with Gasteiger partial charge < -0.3 is 5.11 Å². The lowest BCUT2D eigenvalue weighted by Crippen LogP contribution is -2.57. The number of carboxylic acids is 1. The molecule has 1 aromatic heterocycles. The molecule has 28 heavy (non-hydrogen) atoms. The van der Waals surface area contributed by atoms with Crippen LogP contribution in [0.15, 0.2) is 30.6 Å². The normalized spacial score (nSPS) is 39.8. The maximum atomic E-state index is 13.0. The van der Waals surface area contributed by atoms with Crippen molar-refractivity contribution in [3.8, 4) is 0 Å².